The number of benzene rings is 1. The average molecular weight is 583 g/mol. The maximum Gasteiger partial charge on any atom is 0.303 e. The van der Waals surface area contributed by atoms with Gasteiger partial charge < -0.3 is 20.4 Å². The predicted octanol–water partition coefficient (Wildman–Crippen LogP) is 7.88. The van der Waals surface area contributed by atoms with E-state index in [1.165, 1.54) is 54.4 Å². The maximum absolute atomic E-state index is 11.0. The van der Waals surface area contributed by atoms with Crippen LogP contribution >= 0.6 is 0 Å². The van der Waals surface area contributed by atoms with Crippen LogP contribution < -0.4 is 0 Å². The molecule has 5 heteroatoms. The highest BCUT2D eigenvalue weighted by atomic mass is 16.4. The van der Waals surface area contributed by atoms with E-state index in [4.69, 9.17) is 5.11 Å². The first kappa shape index (κ1) is 34.5. The molecule has 1 aromatic carbocycles. The molecule has 3 atom stereocenters. The van der Waals surface area contributed by atoms with Gasteiger partial charge in [0, 0.05) is 6.42 Å². The van der Waals surface area contributed by atoms with Crippen molar-refractivity contribution in [3.63, 3.8) is 0 Å². The van der Waals surface area contributed by atoms with Crippen LogP contribution in [0.1, 0.15) is 133 Å². The van der Waals surface area contributed by atoms with E-state index >= 15 is 0 Å². The second kappa shape index (κ2) is 19.4. The Kier molecular flexibility index (Phi) is 15.9. The van der Waals surface area contributed by atoms with Crippen LogP contribution in [0.3, 0.4) is 0 Å². The molecule has 0 bridgehead atoms. The number of aliphatic hydroxyl groups is 3. The van der Waals surface area contributed by atoms with Crippen LogP contribution in [0, 0.1) is 11.8 Å². The molecular formula is C37H58O5. The molecule has 3 rings (SSSR count). The van der Waals surface area contributed by atoms with Crippen molar-refractivity contribution in [3.05, 3.63) is 58.2 Å². The molecule has 0 saturated heterocycles. The van der Waals surface area contributed by atoms with Gasteiger partial charge in [-0.15, -0.1) is 0 Å². The number of hydrogen-bond acceptors (Lipinski definition) is 4. The van der Waals surface area contributed by atoms with Crippen LogP contribution in [-0.2, 0) is 24.1 Å². The van der Waals surface area contributed by atoms with Crippen molar-refractivity contribution in [2.24, 2.45) is 11.8 Å². The van der Waals surface area contributed by atoms with Crippen molar-refractivity contribution in [1.82, 2.24) is 0 Å². The minimum atomic E-state index is -0.790. The van der Waals surface area contributed by atoms with Crippen LogP contribution in [0.4, 0.5) is 0 Å². The molecule has 236 valence electrons. The summed E-state index contributed by atoms with van der Waals surface area (Å²) in [7, 11) is 0. The van der Waals surface area contributed by atoms with E-state index in [-0.39, 0.29) is 13.0 Å². The Balaban J connectivity index is 1.90. The molecule has 1 aromatic rings. The summed E-state index contributed by atoms with van der Waals surface area (Å²) in [5, 5.41) is 40.0. The molecule has 2 aliphatic carbocycles. The maximum atomic E-state index is 11.0. The van der Waals surface area contributed by atoms with Gasteiger partial charge in [-0.05, 0) is 91.9 Å². The zero-order valence-corrected chi connectivity index (χ0v) is 26.2. The lowest BCUT2D eigenvalue weighted by Gasteiger charge is -2.26. The van der Waals surface area contributed by atoms with E-state index in [0.29, 0.717) is 18.8 Å². The van der Waals surface area contributed by atoms with Crippen molar-refractivity contribution in [1.29, 1.82) is 0 Å². The average Bonchev–Trinajstić information content (AvgIpc) is 3.48. The van der Waals surface area contributed by atoms with E-state index in [1.54, 1.807) is 5.56 Å². The number of aliphatic hydroxyl groups excluding tert-OH is 3. The fraction of sp³-hybridized carbons (Fsp3) is 0.703. The number of hydrogen-bond donors (Lipinski definition) is 4. The summed E-state index contributed by atoms with van der Waals surface area (Å²) in [5.74, 6) is 0.506. The van der Waals surface area contributed by atoms with Crippen molar-refractivity contribution >= 4 is 5.97 Å². The van der Waals surface area contributed by atoms with Gasteiger partial charge in [-0.2, -0.15) is 0 Å². The Labute approximate surface area is 255 Å². The Morgan fingerprint density at radius 3 is 2.52 bits per heavy atom. The number of aliphatic carboxylic acids is 1. The molecule has 1 fully saturated rings. The smallest absolute Gasteiger partial charge is 0.303 e. The first-order valence-corrected chi connectivity index (χ1v) is 17.1. The molecule has 0 aliphatic heterocycles. The monoisotopic (exact) mass is 582 g/mol. The lowest BCUT2D eigenvalue weighted by Crippen LogP contribution is -2.17. The third-order valence-electron chi connectivity index (χ3n) is 9.63. The molecule has 4 N–H and O–H groups in total. The van der Waals surface area contributed by atoms with Gasteiger partial charge in [0.15, 0.2) is 0 Å². The van der Waals surface area contributed by atoms with Crippen molar-refractivity contribution in [2.75, 3.05) is 6.61 Å². The third-order valence-corrected chi connectivity index (χ3v) is 9.63. The van der Waals surface area contributed by atoms with E-state index in [9.17, 15) is 20.1 Å². The van der Waals surface area contributed by atoms with Crippen LogP contribution in [0.5, 0.6) is 0 Å². The second-order valence-corrected chi connectivity index (χ2v) is 13.1. The molecule has 1 saturated carbocycles. The molecule has 5 nitrogen and oxygen atoms in total. The van der Waals surface area contributed by atoms with E-state index in [0.717, 1.165) is 83.0 Å². The number of rotatable bonds is 17. The number of carboxylic acids is 1. The Morgan fingerprint density at radius 1 is 0.976 bits per heavy atom. The first-order valence-electron chi connectivity index (χ1n) is 17.1. The van der Waals surface area contributed by atoms with Gasteiger partial charge in [0.1, 0.15) is 0 Å². The number of allylic oxidation sites excluding steroid dienone is 2. The largest absolute Gasteiger partial charge is 0.481 e. The highest BCUT2D eigenvalue weighted by Crippen LogP contribution is 2.35. The number of fused-ring (bicyclic) bond motifs is 1. The molecule has 2 aliphatic rings. The normalized spacial score (nSPS) is 20.1. The summed E-state index contributed by atoms with van der Waals surface area (Å²) in [5.41, 5.74) is 6.91. The minimum absolute atomic E-state index is 0.228. The van der Waals surface area contributed by atoms with E-state index in [2.05, 4.69) is 31.2 Å². The summed E-state index contributed by atoms with van der Waals surface area (Å²) in [6.07, 6.45) is 22.6. The minimum Gasteiger partial charge on any atom is -0.481 e. The summed E-state index contributed by atoms with van der Waals surface area (Å²) >= 11 is 0. The Bertz CT molecular complexity index is 990. The molecular weight excluding hydrogens is 524 g/mol. The second-order valence-electron chi connectivity index (χ2n) is 13.1. The van der Waals surface area contributed by atoms with E-state index < -0.39 is 18.2 Å². The van der Waals surface area contributed by atoms with Gasteiger partial charge in [0.25, 0.3) is 0 Å². The number of carbonyl (C=O) groups is 1. The quantitative estimate of drug-likeness (QED) is 0.140. The van der Waals surface area contributed by atoms with Gasteiger partial charge in [-0.25, -0.2) is 0 Å². The first-order chi connectivity index (χ1) is 20.4. The highest BCUT2D eigenvalue weighted by Gasteiger charge is 2.22. The van der Waals surface area contributed by atoms with E-state index in [1.807, 2.05) is 6.08 Å². The highest BCUT2D eigenvalue weighted by molar-refractivity contribution is 5.66. The number of unbranched alkanes of at least 4 members (excludes halogenated alkanes) is 4. The molecule has 0 amide bonds. The summed E-state index contributed by atoms with van der Waals surface area (Å²) < 4.78 is 0. The number of carboxylic acid groups (broad SMARTS) is 1. The SMILES string of the molecule is CCCCCC(O)C=CC1=C(CC(O)CO)CC(CCCCCC(=O)O)CCc2c(cccc2CC2CCCC2)CC1. The standard InChI is InChI=1S/C37H58O5/c1-2-3-5-16-34(39)22-21-30-19-20-31-14-10-15-32(24-28-12-8-9-13-28)36(31)23-18-29(11-6-4-7-17-37(41)42)25-33(30)26-35(40)27-38/h10,14-15,21-22,28-29,34-35,38-40H,2-9,11-13,16-20,23-27H2,1H3,(H,41,42). The van der Waals surface area contributed by atoms with Gasteiger partial charge in [0.2, 0.25) is 0 Å². The van der Waals surface area contributed by atoms with Gasteiger partial charge >= 0.3 is 5.97 Å². The van der Waals surface area contributed by atoms with Crippen LogP contribution in [0.25, 0.3) is 0 Å². The molecule has 0 heterocycles. The summed E-state index contributed by atoms with van der Waals surface area (Å²) in [6.45, 7) is 1.92. The van der Waals surface area contributed by atoms with Gasteiger partial charge in [-0.3, -0.25) is 4.79 Å². The third kappa shape index (κ3) is 12.3. The van der Waals surface area contributed by atoms with Crippen LogP contribution in [0.15, 0.2) is 41.5 Å². The zero-order chi connectivity index (χ0) is 30.2. The topological polar surface area (TPSA) is 98.0 Å². The molecule has 42 heavy (non-hydrogen) atoms. The lowest BCUT2D eigenvalue weighted by molar-refractivity contribution is -0.137. The van der Waals surface area contributed by atoms with Crippen molar-refractivity contribution in [3.8, 4) is 0 Å². The Hall–Kier alpha value is -1.95. The summed E-state index contributed by atoms with van der Waals surface area (Å²) in [4.78, 5) is 11.0. The van der Waals surface area contributed by atoms with Gasteiger partial charge in [0.05, 0.1) is 18.8 Å². The zero-order valence-electron chi connectivity index (χ0n) is 26.2. The lowest BCUT2D eigenvalue weighted by atomic mass is 9.80. The molecule has 3 unspecified atom stereocenters. The van der Waals surface area contributed by atoms with Crippen LogP contribution in [0.2, 0.25) is 0 Å². The Morgan fingerprint density at radius 2 is 1.79 bits per heavy atom. The predicted molar refractivity (Wildman–Crippen MR) is 172 cm³/mol. The number of aryl methyl sites for hydroxylation is 1. The molecule has 0 radical (unpaired) electrons. The fourth-order valence-electron chi connectivity index (χ4n) is 7.16. The van der Waals surface area contributed by atoms with Crippen molar-refractivity contribution < 1.29 is 25.2 Å². The fourth-order valence-corrected chi connectivity index (χ4v) is 7.16. The van der Waals surface area contributed by atoms with Gasteiger partial charge in [-0.1, -0.05) is 107 Å². The molecule has 0 spiro atoms. The summed E-state index contributed by atoms with van der Waals surface area (Å²) in [6, 6.07) is 6.90. The van der Waals surface area contributed by atoms with Crippen molar-refractivity contribution in [2.45, 2.75) is 148 Å². The molecule has 0 aromatic heterocycles. The van der Waals surface area contributed by atoms with Crippen LogP contribution in [-0.4, -0.2) is 45.2 Å².